The first-order valence-electron chi connectivity index (χ1n) is 6.79. The predicted molar refractivity (Wildman–Crippen MR) is 86.5 cm³/mol. The van der Waals surface area contributed by atoms with Crippen molar-refractivity contribution in [3.63, 3.8) is 0 Å². The minimum atomic E-state index is -0.386. The number of anilines is 2. The Balaban J connectivity index is 0.00000161. The highest BCUT2D eigenvalue weighted by Crippen LogP contribution is 2.44. The lowest BCUT2D eigenvalue weighted by Crippen LogP contribution is -2.45. The topological polar surface area (TPSA) is 68.0 Å². The van der Waals surface area contributed by atoms with E-state index in [2.05, 4.69) is 10.3 Å². The van der Waals surface area contributed by atoms with Gasteiger partial charge in [0.15, 0.2) is 0 Å². The molecule has 1 saturated carbocycles. The molecule has 3 rings (SSSR count). The molecule has 5 heteroatoms. The van der Waals surface area contributed by atoms with E-state index in [1.807, 2.05) is 30.3 Å². The number of hydrogen-bond donors (Lipinski definition) is 2. The summed E-state index contributed by atoms with van der Waals surface area (Å²) in [5.41, 5.74) is 6.94. The second kappa shape index (κ2) is 6.14. The largest absolute Gasteiger partial charge is 0.384 e. The fourth-order valence-corrected chi connectivity index (χ4v) is 2.66. The van der Waals surface area contributed by atoms with Crippen molar-refractivity contribution < 1.29 is 4.79 Å². The maximum atomic E-state index is 12.6. The lowest BCUT2D eigenvalue weighted by molar-refractivity contribution is -0.124. The Labute approximate surface area is 130 Å². The summed E-state index contributed by atoms with van der Waals surface area (Å²) in [6.45, 7) is 0. The second-order valence-corrected chi connectivity index (χ2v) is 5.23. The molecule has 1 aromatic heterocycles. The van der Waals surface area contributed by atoms with Crippen LogP contribution in [0.15, 0.2) is 48.7 Å². The van der Waals surface area contributed by atoms with Crippen LogP contribution in [-0.4, -0.2) is 10.9 Å². The van der Waals surface area contributed by atoms with Gasteiger partial charge in [-0.15, -0.1) is 12.4 Å². The molecule has 21 heavy (non-hydrogen) atoms. The molecule has 1 aromatic carbocycles. The number of rotatable bonds is 3. The molecule has 1 heterocycles. The maximum absolute atomic E-state index is 12.6. The Bertz CT molecular complexity index is 609. The number of carbonyl (C=O) groups excluding carboxylic acids is 1. The normalized spacial score (nSPS) is 15.4. The summed E-state index contributed by atoms with van der Waals surface area (Å²) in [5, 5.41) is 2.95. The summed E-state index contributed by atoms with van der Waals surface area (Å²) >= 11 is 0. The number of amides is 1. The third-order valence-corrected chi connectivity index (χ3v) is 4.01. The highest BCUT2D eigenvalue weighted by Gasteiger charge is 2.45. The highest BCUT2D eigenvalue weighted by atomic mass is 35.5. The minimum Gasteiger partial charge on any atom is -0.384 e. The van der Waals surface area contributed by atoms with Crippen LogP contribution < -0.4 is 11.1 Å². The Morgan fingerprint density at radius 1 is 1.14 bits per heavy atom. The molecule has 4 nitrogen and oxygen atoms in total. The van der Waals surface area contributed by atoms with Gasteiger partial charge >= 0.3 is 0 Å². The van der Waals surface area contributed by atoms with Gasteiger partial charge in [0.05, 0.1) is 17.3 Å². The number of hydrogen-bond acceptors (Lipinski definition) is 3. The third-order valence-electron chi connectivity index (χ3n) is 4.01. The quantitative estimate of drug-likeness (QED) is 0.915. The van der Waals surface area contributed by atoms with E-state index in [9.17, 15) is 4.79 Å². The number of nitrogens with two attached hydrogens (primary N) is 1. The van der Waals surface area contributed by atoms with Crippen molar-refractivity contribution in [1.29, 1.82) is 0 Å². The average Bonchev–Trinajstić information content (AvgIpc) is 2.41. The van der Waals surface area contributed by atoms with E-state index in [4.69, 9.17) is 5.73 Å². The zero-order valence-electron chi connectivity index (χ0n) is 11.6. The first kappa shape index (κ1) is 15.3. The van der Waals surface area contributed by atoms with Crippen LogP contribution in [0.25, 0.3) is 0 Å². The first-order valence-corrected chi connectivity index (χ1v) is 6.79. The number of aromatic nitrogens is 1. The van der Waals surface area contributed by atoms with Crippen molar-refractivity contribution in [3.05, 3.63) is 54.2 Å². The molecule has 1 aliphatic rings. The van der Waals surface area contributed by atoms with E-state index in [1.54, 1.807) is 18.3 Å². The summed E-state index contributed by atoms with van der Waals surface area (Å²) in [6.07, 6.45) is 4.46. The summed E-state index contributed by atoms with van der Waals surface area (Å²) in [7, 11) is 0. The number of nitrogen functional groups attached to an aromatic ring is 1. The van der Waals surface area contributed by atoms with Gasteiger partial charge in [0, 0.05) is 0 Å². The number of nitrogens with one attached hydrogen (secondary N) is 1. The van der Waals surface area contributed by atoms with Gasteiger partial charge < -0.3 is 11.1 Å². The molecule has 0 saturated heterocycles. The van der Waals surface area contributed by atoms with Crippen LogP contribution in [0, 0.1) is 0 Å². The van der Waals surface area contributed by atoms with Crippen LogP contribution >= 0.6 is 12.4 Å². The van der Waals surface area contributed by atoms with Gasteiger partial charge in [-0.05, 0) is 30.5 Å². The molecule has 2 aromatic rings. The Kier molecular flexibility index (Phi) is 4.48. The van der Waals surface area contributed by atoms with Gasteiger partial charge in [-0.25, -0.2) is 4.98 Å². The summed E-state index contributed by atoms with van der Waals surface area (Å²) in [5.74, 6) is 0.492. The zero-order chi connectivity index (χ0) is 14.0. The molecule has 1 amide bonds. The van der Waals surface area contributed by atoms with Gasteiger partial charge in [0.1, 0.15) is 5.82 Å². The lowest BCUT2D eigenvalue weighted by atomic mass is 9.64. The molecule has 0 aliphatic heterocycles. The third kappa shape index (κ3) is 2.85. The minimum absolute atomic E-state index is 0. The van der Waals surface area contributed by atoms with E-state index in [0.29, 0.717) is 11.5 Å². The van der Waals surface area contributed by atoms with Crippen molar-refractivity contribution in [1.82, 2.24) is 4.98 Å². The fourth-order valence-electron chi connectivity index (χ4n) is 2.66. The molecule has 1 aliphatic carbocycles. The molecule has 110 valence electrons. The number of carbonyl (C=O) groups is 1. The predicted octanol–water partition coefficient (Wildman–Crippen LogP) is 3.15. The maximum Gasteiger partial charge on any atom is 0.235 e. The van der Waals surface area contributed by atoms with Crippen LogP contribution in [0.1, 0.15) is 24.8 Å². The van der Waals surface area contributed by atoms with Crippen molar-refractivity contribution in [2.75, 3.05) is 11.1 Å². The van der Waals surface area contributed by atoms with Crippen LogP contribution in [0.4, 0.5) is 11.5 Å². The Morgan fingerprint density at radius 3 is 2.38 bits per heavy atom. The van der Waals surface area contributed by atoms with Crippen molar-refractivity contribution in [2.45, 2.75) is 24.7 Å². The molecule has 0 unspecified atom stereocenters. The number of benzene rings is 1. The van der Waals surface area contributed by atoms with E-state index in [-0.39, 0.29) is 23.7 Å². The summed E-state index contributed by atoms with van der Waals surface area (Å²) in [4.78, 5) is 16.6. The summed E-state index contributed by atoms with van der Waals surface area (Å²) < 4.78 is 0. The summed E-state index contributed by atoms with van der Waals surface area (Å²) in [6, 6.07) is 13.4. The lowest BCUT2D eigenvalue weighted by Gasteiger charge is -2.40. The zero-order valence-corrected chi connectivity index (χ0v) is 12.4. The average molecular weight is 304 g/mol. The monoisotopic (exact) mass is 303 g/mol. The standard InChI is InChI=1S/C16H17N3O.ClH/c17-14-8-7-13(11-18-14)19-15(20)16(9-4-10-16)12-5-2-1-3-6-12;/h1-3,5-8,11H,4,9-10H2,(H2,17,18)(H,19,20);1H. The van der Waals surface area contributed by atoms with E-state index < -0.39 is 0 Å². The van der Waals surface area contributed by atoms with Crippen molar-refractivity contribution in [3.8, 4) is 0 Å². The van der Waals surface area contributed by atoms with Crippen LogP contribution in [0.2, 0.25) is 0 Å². The molecule has 0 spiro atoms. The molecule has 0 bridgehead atoms. The molecular formula is C16H18ClN3O. The van der Waals surface area contributed by atoms with Crippen LogP contribution in [0.3, 0.4) is 0 Å². The highest BCUT2D eigenvalue weighted by molar-refractivity contribution is 5.99. The second-order valence-electron chi connectivity index (χ2n) is 5.23. The SMILES string of the molecule is Cl.Nc1ccc(NC(=O)C2(c3ccccc3)CCC2)cn1. The number of pyridine rings is 1. The molecular weight excluding hydrogens is 286 g/mol. The van der Waals surface area contributed by atoms with Crippen molar-refractivity contribution in [2.24, 2.45) is 0 Å². The molecule has 3 N–H and O–H groups in total. The van der Waals surface area contributed by atoms with Crippen LogP contribution in [0.5, 0.6) is 0 Å². The van der Waals surface area contributed by atoms with E-state index >= 15 is 0 Å². The van der Waals surface area contributed by atoms with Crippen LogP contribution in [-0.2, 0) is 10.2 Å². The van der Waals surface area contributed by atoms with Gasteiger partial charge in [-0.3, -0.25) is 4.79 Å². The first-order chi connectivity index (χ1) is 9.71. The van der Waals surface area contributed by atoms with Gasteiger partial charge in [-0.1, -0.05) is 36.8 Å². The smallest absolute Gasteiger partial charge is 0.235 e. The molecule has 0 radical (unpaired) electrons. The van der Waals surface area contributed by atoms with Crippen molar-refractivity contribution >= 4 is 29.8 Å². The Morgan fingerprint density at radius 2 is 1.86 bits per heavy atom. The van der Waals surface area contributed by atoms with E-state index in [0.717, 1.165) is 24.8 Å². The van der Waals surface area contributed by atoms with Gasteiger partial charge in [0.2, 0.25) is 5.91 Å². The number of halogens is 1. The molecule has 1 fully saturated rings. The van der Waals surface area contributed by atoms with Gasteiger partial charge in [-0.2, -0.15) is 0 Å². The molecule has 0 atom stereocenters. The Hall–Kier alpha value is -2.07. The van der Waals surface area contributed by atoms with Gasteiger partial charge in [0.25, 0.3) is 0 Å². The fraction of sp³-hybridized carbons (Fsp3) is 0.250. The number of nitrogens with zero attached hydrogens (tertiary/aromatic N) is 1. The van der Waals surface area contributed by atoms with E-state index in [1.165, 1.54) is 0 Å².